The Morgan fingerprint density at radius 1 is 1.00 bits per heavy atom. The Bertz CT molecular complexity index is 531. The summed E-state index contributed by atoms with van der Waals surface area (Å²) in [6.45, 7) is 8.21. The largest absolute Gasteiger partial charge is 0.462 e. The molecule has 8 nitrogen and oxygen atoms in total. The molecule has 0 aromatic carbocycles. The lowest BCUT2D eigenvalue weighted by Crippen LogP contribution is -2.32. The second-order valence-corrected chi connectivity index (χ2v) is 6.37. The molecule has 0 rings (SSSR count). The molecule has 0 aromatic rings. The van der Waals surface area contributed by atoms with E-state index in [4.69, 9.17) is 25.8 Å². The molecule has 0 heterocycles. The van der Waals surface area contributed by atoms with E-state index in [1.54, 1.807) is 13.8 Å². The maximum absolute atomic E-state index is 11.6. The van der Waals surface area contributed by atoms with Crippen molar-refractivity contribution in [3.63, 3.8) is 0 Å². The second kappa shape index (κ2) is 12.3. The van der Waals surface area contributed by atoms with Crippen LogP contribution < -0.4 is 5.32 Å². The molecule has 0 fully saturated rings. The SMILES string of the molecule is C=C(C)C(=O)OCCOC(=O)CCC(=O)NCCC(=O)OC(C)(C)CCl. The highest BCUT2D eigenvalue weighted by Gasteiger charge is 2.21. The summed E-state index contributed by atoms with van der Waals surface area (Å²) in [4.78, 5) is 45.7. The van der Waals surface area contributed by atoms with Crippen molar-refractivity contribution in [3.8, 4) is 0 Å². The fourth-order valence-corrected chi connectivity index (χ4v) is 1.53. The van der Waals surface area contributed by atoms with Crippen LogP contribution in [0.4, 0.5) is 0 Å². The Morgan fingerprint density at radius 2 is 1.62 bits per heavy atom. The molecule has 0 aliphatic heterocycles. The average Bonchev–Trinajstić information content (AvgIpc) is 2.56. The van der Waals surface area contributed by atoms with Gasteiger partial charge in [-0.2, -0.15) is 0 Å². The van der Waals surface area contributed by atoms with Gasteiger partial charge in [-0.25, -0.2) is 4.79 Å². The first-order chi connectivity index (χ1) is 12.1. The van der Waals surface area contributed by atoms with E-state index in [1.165, 1.54) is 6.92 Å². The number of alkyl halides is 1. The normalized spacial score (nSPS) is 10.6. The first-order valence-corrected chi connectivity index (χ1v) is 8.63. The number of nitrogens with one attached hydrogen (secondary N) is 1. The number of amides is 1. The van der Waals surface area contributed by atoms with Gasteiger partial charge in [0.2, 0.25) is 5.91 Å². The molecule has 0 unspecified atom stereocenters. The molecule has 0 radical (unpaired) electrons. The van der Waals surface area contributed by atoms with Gasteiger partial charge in [-0.1, -0.05) is 6.58 Å². The average molecular weight is 392 g/mol. The van der Waals surface area contributed by atoms with E-state index >= 15 is 0 Å². The molecule has 1 amide bonds. The quantitative estimate of drug-likeness (QED) is 0.176. The van der Waals surface area contributed by atoms with Crippen LogP contribution in [0.1, 0.15) is 40.0 Å². The predicted molar refractivity (Wildman–Crippen MR) is 94.5 cm³/mol. The van der Waals surface area contributed by atoms with E-state index in [9.17, 15) is 19.2 Å². The molecular formula is C17H26ClNO7. The fourth-order valence-electron chi connectivity index (χ4n) is 1.48. The van der Waals surface area contributed by atoms with Crippen LogP contribution in [0, 0.1) is 0 Å². The van der Waals surface area contributed by atoms with E-state index in [0.29, 0.717) is 0 Å². The molecule has 0 saturated heterocycles. The summed E-state index contributed by atoms with van der Waals surface area (Å²) in [5, 5.41) is 2.51. The van der Waals surface area contributed by atoms with Crippen molar-refractivity contribution in [3.05, 3.63) is 12.2 Å². The first kappa shape index (κ1) is 23.9. The summed E-state index contributed by atoms with van der Waals surface area (Å²) in [6.07, 6.45) is -0.193. The smallest absolute Gasteiger partial charge is 0.333 e. The number of carbonyl (C=O) groups is 4. The van der Waals surface area contributed by atoms with E-state index < -0.39 is 23.5 Å². The van der Waals surface area contributed by atoms with Gasteiger partial charge >= 0.3 is 17.9 Å². The van der Waals surface area contributed by atoms with Gasteiger partial charge in [0.25, 0.3) is 0 Å². The molecular weight excluding hydrogens is 366 g/mol. The number of hydrogen-bond donors (Lipinski definition) is 1. The van der Waals surface area contributed by atoms with Crippen LogP contribution in [-0.4, -0.2) is 55.1 Å². The molecule has 148 valence electrons. The van der Waals surface area contributed by atoms with Gasteiger partial charge < -0.3 is 19.5 Å². The minimum atomic E-state index is -0.759. The minimum Gasteiger partial charge on any atom is -0.462 e. The Morgan fingerprint density at radius 3 is 2.19 bits per heavy atom. The van der Waals surface area contributed by atoms with E-state index in [-0.39, 0.29) is 56.4 Å². The summed E-state index contributed by atoms with van der Waals surface area (Å²) < 4.78 is 14.7. The summed E-state index contributed by atoms with van der Waals surface area (Å²) in [5.74, 6) is -1.84. The van der Waals surface area contributed by atoms with Crippen molar-refractivity contribution in [1.82, 2.24) is 5.32 Å². The number of carbonyl (C=O) groups excluding carboxylic acids is 4. The van der Waals surface area contributed by atoms with Gasteiger partial charge in [-0.15, -0.1) is 11.6 Å². The summed E-state index contributed by atoms with van der Waals surface area (Å²) >= 11 is 5.65. The van der Waals surface area contributed by atoms with E-state index in [2.05, 4.69) is 11.9 Å². The molecule has 0 bridgehead atoms. The highest BCUT2D eigenvalue weighted by Crippen LogP contribution is 2.11. The van der Waals surface area contributed by atoms with Crippen molar-refractivity contribution in [2.24, 2.45) is 0 Å². The highest BCUT2D eigenvalue weighted by atomic mass is 35.5. The molecule has 0 spiro atoms. The molecule has 0 saturated carbocycles. The zero-order valence-electron chi connectivity index (χ0n) is 15.4. The highest BCUT2D eigenvalue weighted by molar-refractivity contribution is 6.18. The van der Waals surface area contributed by atoms with Crippen molar-refractivity contribution in [2.75, 3.05) is 25.6 Å². The van der Waals surface area contributed by atoms with Crippen LogP contribution >= 0.6 is 11.6 Å². The summed E-state index contributed by atoms with van der Waals surface area (Å²) in [5.41, 5.74) is -0.506. The topological polar surface area (TPSA) is 108 Å². The third-order valence-electron chi connectivity index (χ3n) is 2.85. The van der Waals surface area contributed by atoms with Crippen molar-refractivity contribution in [2.45, 2.75) is 45.6 Å². The second-order valence-electron chi connectivity index (χ2n) is 6.10. The van der Waals surface area contributed by atoms with Gasteiger partial charge in [0.1, 0.15) is 18.8 Å². The van der Waals surface area contributed by atoms with Gasteiger partial charge in [0.05, 0.1) is 18.7 Å². The zero-order chi connectivity index (χ0) is 20.2. The standard InChI is InChI=1S/C17H26ClNO7/c1-12(2)16(23)25-10-9-24-14(21)6-5-13(20)19-8-7-15(22)26-17(3,4)11-18/h1,5-11H2,2-4H3,(H,19,20). The van der Waals surface area contributed by atoms with Crippen molar-refractivity contribution >= 4 is 35.4 Å². The van der Waals surface area contributed by atoms with Crippen LogP contribution in [0.15, 0.2) is 12.2 Å². The summed E-state index contributed by atoms with van der Waals surface area (Å²) in [6, 6.07) is 0. The lowest BCUT2D eigenvalue weighted by atomic mass is 10.2. The number of hydrogen-bond acceptors (Lipinski definition) is 7. The summed E-state index contributed by atoms with van der Waals surface area (Å²) in [7, 11) is 0. The Labute approximate surface area is 158 Å². The maximum atomic E-state index is 11.6. The van der Waals surface area contributed by atoms with Crippen molar-refractivity contribution in [1.29, 1.82) is 0 Å². The zero-order valence-corrected chi connectivity index (χ0v) is 16.1. The van der Waals surface area contributed by atoms with Crippen molar-refractivity contribution < 1.29 is 33.4 Å². The van der Waals surface area contributed by atoms with Crippen LogP contribution in [0.3, 0.4) is 0 Å². The first-order valence-electron chi connectivity index (χ1n) is 8.10. The Balaban J connectivity index is 3.78. The van der Waals surface area contributed by atoms with Crippen LogP contribution in [0.25, 0.3) is 0 Å². The van der Waals surface area contributed by atoms with Gasteiger partial charge in [0.15, 0.2) is 0 Å². The molecule has 0 aliphatic carbocycles. The lowest BCUT2D eigenvalue weighted by Gasteiger charge is -2.22. The molecule has 0 aromatic heterocycles. The Hall–Kier alpha value is -2.09. The fraction of sp³-hybridized carbons (Fsp3) is 0.647. The maximum Gasteiger partial charge on any atom is 0.333 e. The molecule has 0 aliphatic rings. The number of halogens is 1. The monoisotopic (exact) mass is 391 g/mol. The third kappa shape index (κ3) is 12.3. The van der Waals surface area contributed by atoms with Crippen LogP contribution in [0.5, 0.6) is 0 Å². The molecule has 1 N–H and O–H groups in total. The number of esters is 3. The van der Waals surface area contributed by atoms with Gasteiger partial charge in [-0.3, -0.25) is 14.4 Å². The Kier molecular flexibility index (Phi) is 11.3. The third-order valence-corrected chi connectivity index (χ3v) is 3.49. The van der Waals surface area contributed by atoms with E-state index in [0.717, 1.165) is 0 Å². The number of rotatable bonds is 12. The lowest BCUT2D eigenvalue weighted by molar-refractivity contribution is -0.154. The predicted octanol–water partition coefficient (Wildman–Crippen LogP) is 1.50. The van der Waals surface area contributed by atoms with E-state index in [1.807, 2.05) is 0 Å². The molecule has 9 heteroatoms. The molecule has 26 heavy (non-hydrogen) atoms. The molecule has 0 atom stereocenters. The van der Waals surface area contributed by atoms with Crippen LogP contribution in [-0.2, 0) is 33.4 Å². The number of ether oxygens (including phenoxy) is 3. The minimum absolute atomic E-state index is 0.00456. The van der Waals surface area contributed by atoms with Crippen LogP contribution in [0.2, 0.25) is 0 Å². The van der Waals surface area contributed by atoms with Gasteiger partial charge in [-0.05, 0) is 20.8 Å². The van der Waals surface area contributed by atoms with Gasteiger partial charge in [0, 0.05) is 18.5 Å².